The highest BCUT2D eigenvalue weighted by Crippen LogP contribution is 2.19. The smallest absolute Gasteiger partial charge is 0.224 e. The third kappa shape index (κ3) is 4.68. The molecule has 1 amide bonds. The highest BCUT2D eigenvalue weighted by Gasteiger charge is 2.21. The van der Waals surface area contributed by atoms with E-state index in [1.54, 1.807) is 0 Å². The van der Waals surface area contributed by atoms with Gasteiger partial charge in [-0.2, -0.15) is 0 Å². The Bertz CT molecular complexity index is 598. The standard InChI is InChI=1S/C18H21BrN2O/c1-13(17(20)15-5-3-2-4-6-15)18(22)21-12-11-14-7-9-16(19)10-8-14/h2-10,13,17H,11-12,20H2,1H3,(H,21,22). The Morgan fingerprint density at radius 1 is 1.14 bits per heavy atom. The maximum absolute atomic E-state index is 12.2. The van der Waals surface area contributed by atoms with E-state index in [0.29, 0.717) is 6.54 Å². The van der Waals surface area contributed by atoms with Crippen LogP contribution in [-0.2, 0) is 11.2 Å². The normalized spacial score (nSPS) is 13.4. The van der Waals surface area contributed by atoms with Gasteiger partial charge in [-0.25, -0.2) is 0 Å². The van der Waals surface area contributed by atoms with Gasteiger partial charge in [-0.3, -0.25) is 4.79 Å². The van der Waals surface area contributed by atoms with Crippen molar-refractivity contribution in [3.8, 4) is 0 Å². The van der Waals surface area contributed by atoms with Gasteiger partial charge in [-0.05, 0) is 29.7 Å². The fourth-order valence-electron chi connectivity index (χ4n) is 2.27. The Kier molecular flexibility index (Phi) is 6.16. The molecule has 2 aromatic rings. The molecule has 4 heteroatoms. The zero-order valence-corrected chi connectivity index (χ0v) is 14.2. The van der Waals surface area contributed by atoms with Crippen LogP contribution in [-0.4, -0.2) is 12.5 Å². The van der Waals surface area contributed by atoms with Crippen molar-refractivity contribution in [3.63, 3.8) is 0 Å². The summed E-state index contributed by atoms with van der Waals surface area (Å²) in [6.07, 6.45) is 0.812. The Balaban J connectivity index is 1.82. The number of nitrogens with two attached hydrogens (primary N) is 1. The predicted octanol–water partition coefficient (Wildman–Crippen LogP) is 3.44. The van der Waals surface area contributed by atoms with E-state index in [4.69, 9.17) is 5.73 Å². The monoisotopic (exact) mass is 360 g/mol. The Labute approximate surface area is 140 Å². The zero-order chi connectivity index (χ0) is 15.9. The molecular formula is C18H21BrN2O. The maximum Gasteiger partial charge on any atom is 0.224 e. The predicted molar refractivity (Wildman–Crippen MR) is 93.4 cm³/mol. The van der Waals surface area contributed by atoms with Gasteiger partial charge in [0.15, 0.2) is 0 Å². The molecule has 0 spiro atoms. The fraction of sp³-hybridized carbons (Fsp3) is 0.278. The van der Waals surface area contributed by atoms with Crippen molar-refractivity contribution >= 4 is 21.8 Å². The van der Waals surface area contributed by atoms with Crippen molar-refractivity contribution in [3.05, 3.63) is 70.2 Å². The first-order chi connectivity index (χ1) is 10.6. The van der Waals surface area contributed by atoms with Crippen molar-refractivity contribution in [2.75, 3.05) is 6.54 Å². The molecule has 0 saturated heterocycles. The van der Waals surface area contributed by atoms with E-state index >= 15 is 0 Å². The van der Waals surface area contributed by atoms with Gasteiger partial charge >= 0.3 is 0 Å². The van der Waals surface area contributed by atoms with E-state index in [0.717, 1.165) is 16.5 Å². The molecule has 2 atom stereocenters. The number of benzene rings is 2. The highest BCUT2D eigenvalue weighted by atomic mass is 79.9. The topological polar surface area (TPSA) is 55.1 Å². The lowest BCUT2D eigenvalue weighted by Gasteiger charge is -2.19. The zero-order valence-electron chi connectivity index (χ0n) is 12.6. The van der Waals surface area contributed by atoms with Gasteiger partial charge < -0.3 is 11.1 Å². The molecule has 0 aliphatic heterocycles. The molecule has 0 heterocycles. The van der Waals surface area contributed by atoms with Crippen LogP contribution in [0.3, 0.4) is 0 Å². The SMILES string of the molecule is CC(C(=O)NCCc1ccc(Br)cc1)C(N)c1ccccc1. The second-order valence-electron chi connectivity index (χ2n) is 5.39. The maximum atomic E-state index is 12.2. The number of amides is 1. The van der Waals surface area contributed by atoms with Crippen LogP contribution in [0.5, 0.6) is 0 Å². The first kappa shape index (κ1) is 16.7. The third-order valence-corrected chi connectivity index (χ3v) is 4.29. The average Bonchev–Trinajstić information content (AvgIpc) is 2.56. The highest BCUT2D eigenvalue weighted by molar-refractivity contribution is 9.10. The molecule has 3 N–H and O–H groups in total. The number of nitrogens with one attached hydrogen (secondary N) is 1. The van der Waals surface area contributed by atoms with Crippen LogP contribution in [0, 0.1) is 5.92 Å². The van der Waals surface area contributed by atoms with Crippen molar-refractivity contribution in [2.24, 2.45) is 11.7 Å². The van der Waals surface area contributed by atoms with Gasteiger partial charge in [-0.1, -0.05) is 65.3 Å². The summed E-state index contributed by atoms with van der Waals surface area (Å²) in [6, 6.07) is 17.6. The van der Waals surface area contributed by atoms with Crippen LogP contribution in [0.4, 0.5) is 0 Å². The lowest BCUT2D eigenvalue weighted by Crippen LogP contribution is -2.36. The molecule has 0 radical (unpaired) electrons. The molecule has 0 aromatic heterocycles. The molecule has 2 aromatic carbocycles. The summed E-state index contributed by atoms with van der Waals surface area (Å²) >= 11 is 3.41. The minimum absolute atomic E-state index is 0.00605. The van der Waals surface area contributed by atoms with Gasteiger partial charge in [0.1, 0.15) is 0 Å². The summed E-state index contributed by atoms with van der Waals surface area (Å²) in [5.41, 5.74) is 8.35. The van der Waals surface area contributed by atoms with Gasteiger partial charge in [0.25, 0.3) is 0 Å². The van der Waals surface area contributed by atoms with Crippen LogP contribution in [0.1, 0.15) is 24.1 Å². The molecule has 116 valence electrons. The number of hydrogen-bond acceptors (Lipinski definition) is 2. The summed E-state index contributed by atoms with van der Waals surface area (Å²) in [7, 11) is 0. The van der Waals surface area contributed by atoms with E-state index in [9.17, 15) is 4.79 Å². The van der Waals surface area contributed by atoms with Gasteiger partial charge in [0, 0.05) is 17.1 Å². The molecular weight excluding hydrogens is 340 g/mol. The largest absolute Gasteiger partial charge is 0.355 e. The second kappa shape index (κ2) is 8.11. The van der Waals surface area contributed by atoms with Crippen LogP contribution in [0.15, 0.2) is 59.1 Å². The molecule has 0 aliphatic rings. The molecule has 2 rings (SSSR count). The molecule has 3 nitrogen and oxygen atoms in total. The minimum Gasteiger partial charge on any atom is -0.355 e. The summed E-state index contributed by atoms with van der Waals surface area (Å²) in [5.74, 6) is -0.263. The average molecular weight is 361 g/mol. The quantitative estimate of drug-likeness (QED) is 0.828. The number of carbonyl (C=O) groups is 1. The van der Waals surface area contributed by atoms with E-state index in [-0.39, 0.29) is 17.9 Å². The van der Waals surface area contributed by atoms with Gasteiger partial charge in [0.05, 0.1) is 5.92 Å². The van der Waals surface area contributed by atoms with Gasteiger partial charge in [-0.15, -0.1) is 0 Å². The van der Waals surface area contributed by atoms with Crippen LogP contribution >= 0.6 is 15.9 Å². The number of hydrogen-bond donors (Lipinski definition) is 2. The number of carbonyl (C=O) groups excluding carboxylic acids is 1. The van der Waals surface area contributed by atoms with E-state index in [1.807, 2.05) is 49.4 Å². The lowest BCUT2D eigenvalue weighted by atomic mass is 9.94. The molecule has 22 heavy (non-hydrogen) atoms. The summed E-state index contributed by atoms with van der Waals surface area (Å²) in [6.45, 7) is 2.49. The van der Waals surface area contributed by atoms with Gasteiger partial charge in [0.2, 0.25) is 5.91 Å². The van der Waals surface area contributed by atoms with E-state index in [2.05, 4.69) is 33.4 Å². The minimum atomic E-state index is -0.283. The Hall–Kier alpha value is -1.65. The summed E-state index contributed by atoms with van der Waals surface area (Å²) in [4.78, 5) is 12.2. The number of rotatable bonds is 6. The van der Waals surface area contributed by atoms with Crippen molar-refractivity contribution in [2.45, 2.75) is 19.4 Å². The van der Waals surface area contributed by atoms with Crippen LogP contribution in [0.25, 0.3) is 0 Å². The molecule has 0 aliphatic carbocycles. The second-order valence-corrected chi connectivity index (χ2v) is 6.31. The molecule has 0 fully saturated rings. The lowest BCUT2D eigenvalue weighted by molar-refractivity contribution is -0.125. The third-order valence-electron chi connectivity index (χ3n) is 3.76. The fourth-order valence-corrected chi connectivity index (χ4v) is 2.53. The Morgan fingerprint density at radius 2 is 1.77 bits per heavy atom. The molecule has 0 bridgehead atoms. The summed E-state index contributed by atoms with van der Waals surface area (Å²) in [5, 5.41) is 2.97. The summed E-state index contributed by atoms with van der Waals surface area (Å²) < 4.78 is 1.06. The van der Waals surface area contributed by atoms with E-state index in [1.165, 1.54) is 5.56 Å². The number of halogens is 1. The van der Waals surface area contributed by atoms with E-state index < -0.39 is 0 Å². The van der Waals surface area contributed by atoms with Crippen molar-refractivity contribution < 1.29 is 4.79 Å². The first-order valence-corrected chi connectivity index (χ1v) is 8.20. The molecule has 2 unspecified atom stereocenters. The van der Waals surface area contributed by atoms with Crippen LogP contribution in [0.2, 0.25) is 0 Å². The van der Waals surface area contributed by atoms with Crippen molar-refractivity contribution in [1.82, 2.24) is 5.32 Å². The van der Waals surface area contributed by atoms with Crippen molar-refractivity contribution in [1.29, 1.82) is 0 Å². The van der Waals surface area contributed by atoms with Crippen LogP contribution < -0.4 is 11.1 Å². The Morgan fingerprint density at radius 3 is 2.41 bits per heavy atom. The molecule has 0 saturated carbocycles. The first-order valence-electron chi connectivity index (χ1n) is 7.40.